The Balaban J connectivity index is 1.22. The van der Waals surface area contributed by atoms with Gasteiger partial charge >= 0.3 is 0 Å². The fourth-order valence-electron chi connectivity index (χ4n) is 3.97. The Kier molecular flexibility index (Phi) is 6.98. The van der Waals surface area contributed by atoms with Crippen LogP contribution in [0.4, 0.5) is 0 Å². The molecule has 1 fully saturated rings. The molecule has 0 aromatic heterocycles. The third kappa shape index (κ3) is 5.40. The van der Waals surface area contributed by atoms with Gasteiger partial charge in [0.05, 0.1) is 4.90 Å². The number of ether oxygens (including phenoxy) is 2. The van der Waals surface area contributed by atoms with Crippen molar-refractivity contribution in [3.63, 3.8) is 0 Å². The number of amides is 1. The largest absolute Gasteiger partial charge is 0.454 e. The molecule has 0 spiro atoms. The zero-order chi connectivity index (χ0) is 22.6. The lowest BCUT2D eigenvalue weighted by Crippen LogP contribution is -2.48. The molecule has 32 heavy (non-hydrogen) atoms. The average Bonchev–Trinajstić information content (AvgIpc) is 3.26. The number of rotatable bonds is 8. The summed E-state index contributed by atoms with van der Waals surface area (Å²) < 4.78 is 37.3. The molecule has 0 atom stereocenters. The Hall–Kier alpha value is -2.62. The van der Waals surface area contributed by atoms with Gasteiger partial charge in [0.15, 0.2) is 11.5 Å². The van der Waals surface area contributed by atoms with Gasteiger partial charge in [-0.25, -0.2) is 13.1 Å². The van der Waals surface area contributed by atoms with Crippen LogP contribution < -0.4 is 14.2 Å². The molecular weight excluding hydrogens is 430 g/mol. The van der Waals surface area contributed by atoms with Gasteiger partial charge in [-0.15, -0.1) is 0 Å². The first kappa shape index (κ1) is 22.6. The highest BCUT2D eigenvalue weighted by atomic mass is 32.2. The summed E-state index contributed by atoms with van der Waals surface area (Å²) in [4.78, 5) is 17.1. The summed E-state index contributed by atoms with van der Waals surface area (Å²) in [6.45, 7) is 6.28. The van der Waals surface area contributed by atoms with Crippen LogP contribution in [0.25, 0.3) is 0 Å². The van der Waals surface area contributed by atoms with Crippen molar-refractivity contribution in [3.8, 4) is 11.5 Å². The topological polar surface area (TPSA) is 88.2 Å². The molecule has 0 radical (unpaired) electrons. The second-order valence-corrected chi connectivity index (χ2v) is 9.76. The van der Waals surface area contributed by atoms with Gasteiger partial charge < -0.3 is 14.4 Å². The number of nitrogens with one attached hydrogen (secondary N) is 1. The average molecular weight is 460 g/mol. The Morgan fingerprint density at radius 3 is 2.38 bits per heavy atom. The molecule has 0 unspecified atom stereocenters. The van der Waals surface area contributed by atoms with Crippen LogP contribution in [0.15, 0.2) is 47.4 Å². The lowest BCUT2D eigenvalue weighted by molar-refractivity contribution is -0.133. The van der Waals surface area contributed by atoms with Gasteiger partial charge in [0.2, 0.25) is 22.7 Å². The molecule has 1 N–H and O–H groups in total. The smallest absolute Gasteiger partial charge is 0.240 e. The van der Waals surface area contributed by atoms with Crippen molar-refractivity contribution >= 4 is 15.9 Å². The number of carbonyl (C=O) groups excluding carboxylic acids is 1. The van der Waals surface area contributed by atoms with Crippen LogP contribution in [-0.4, -0.2) is 63.6 Å². The summed E-state index contributed by atoms with van der Waals surface area (Å²) in [6.07, 6.45) is 1.01. The van der Waals surface area contributed by atoms with Crippen molar-refractivity contribution in [2.45, 2.75) is 31.2 Å². The highest BCUT2D eigenvalue weighted by Gasteiger charge is 2.22. The van der Waals surface area contributed by atoms with Crippen molar-refractivity contribution in [3.05, 3.63) is 53.6 Å². The lowest BCUT2D eigenvalue weighted by Gasteiger charge is -2.35. The van der Waals surface area contributed by atoms with Gasteiger partial charge in [0, 0.05) is 45.7 Å². The number of hydrogen-bond acceptors (Lipinski definition) is 6. The van der Waals surface area contributed by atoms with Gasteiger partial charge in [0.1, 0.15) is 0 Å². The monoisotopic (exact) mass is 459 g/mol. The molecule has 0 saturated carbocycles. The number of sulfonamides is 1. The van der Waals surface area contributed by atoms with Crippen molar-refractivity contribution < 1.29 is 22.7 Å². The van der Waals surface area contributed by atoms with E-state index in [1.54, 1.807) is 31.2 Å². The molecule has 4 rings (SSSR count). The van der Waals surface area contributed by atoms with Crippen LogP contribution in [0.2, 0.25) is 0 Å². The second kappa shape index (κ2) is 9.89. The molecule has 2 heterocycles. The van der Waals surface area contributed by atoms with Crippen LogP contribution in [0.5, 0.6) is 11.5 Å². The fourth-order valence-corrected chi connectivity index (χ4v) is 5.01. The Morgan fingerprint density at radius 1 is 0.969 bits per heavy atom. The molecule has 9 heteroatoms. The quantitative estimate of drug-likeness (QED) is 0.650. The second-order valence-electron chi connectivity index (χ2n) is 7.99. The van der Waals surface area contributed by atoms with Crippen molar-refractivity contribution in [2.24, 2.45) is 0 Å². The maximum atomic E-state index is 12.6. The number of aryl methyl sites for hydroxylation is 1. The van der Waals surface area contributed by atoms with E-state index in [-0.39, 0.29) is 17.6 Å². The normalized spacial score (nSPS) is 16.3. The van der Waals surface area contributed by atoms with E-state index < -0.39 is 10.0 Å². The van der Waals surface area contributed by atoms with Crippen LogP contribution >= 0.6 is 0 Å². The molecule has 1 saturated heterocycles. The van der Waals surface area contributed by atoms with Crippen LogP contribution in [0, 0.1) is 0 Å². The van der Waals surface area contributed by atoms with Crippen molar-refractivity contribution in [1.29, 1.82) is 0 Å². The predicted molar refractivity (Wildman–Crippen MR) is 120 cm³/mol. The van der Waals surface area contributed by atoms with Gasteiger partial charge in [0.25, 0.3) is 0 Å². The predicted octanol–water partition coefficient (Wildman–Crippen LogP) is 1.99. The number of carbonyl (C=O) groups is 1. The third-order valence-electron chi connectivity index (χ3n) is 5.76. The number of fused-ring (bicyclic) bond motifs is 1. The number of hydrogen-bond donors (Lipinski definition) is 1. The molecule has 2 aromatic rings. The van der Waals surface area contributed by atoms with E-state index in [0.29, 0.717) is 32.5 Å². The fraction of sp³-hybridized carbons (Fsp3) is 0.435. The first-order chi connectivity index (χ1) is 15.4. The van der Waals surface area contributed by atoms with Gasteiger partial charge in [-0.05, 0) is 41.8 Å². The first-order valence-corrected chi connectivity index (χ1v) is 12.4. The molecular formula is C23H29N3O5S. The van der Waals surface area contributed by atoms with Gasteiger partial charge in [-0.3, -0.25) is 9.69 Å². The van der Waals surface area contributed by atoms with Gasteiger partial charge in [-0.1, -0.05) is 25.1 Å². The van der Waals surface area contributed by atoms with Crippen LogP contribution in [-0.2, 0) is 27.8 Å². The Morgan fingerprint density at radius 2 is 1.66 bits per heavy atom. The minimum absolute atomic E-state index is 0.136. The molecule has 2 aromatic carbocycles. The van der Waals surface area contributed by atoms with Crippen molar-refractivity contribution in [2.75, 3.05) is 39.5 Å². The summed E-state index contributed by atoms with van der Waals surface area (Å²) >= 11 is 0. The third-order valence-corrected chi connectivity index (χ3v) is 7.33. The zero-order valence-corrected chi connectivity index (χ0v) is 19.1. The highest BCUT2D eigenvalue weighted by Crippen LogP contribution is 2.32. The molecule has 2 aliphatic rings. The molecule has 0 aliphatic carbocycles. The number of nitrogens with zero attached hydrogens (tertiary/aromatic N) is 2. The summed E-state index contributed by atoms with van der Waals surface area (Å²) in [6, 6.07) is 12.8. The minimum atomic E-state index is -3.45. The standard InChI is InChI=1S/C23H29N3O5S/c1-2-24-32(28,29)20-7-3-18(4-8-20)6-10-23(27)26-13-11-25(12-14-26)16-19-5-9-21-22(15-19)31-17-30-21/h3-5,7-9,15,24H,2,6,10-14,16-17H2,1H3. The summed E-state index contributed by atoms with van der Waals surface area (Å²) in [5.41, 5.74) is 2.13. The molecule has 0 bridgehead atoms. The molecule has 8 nitrogen and oxygen atoms in total. The Bertz CT molecular complexity index is 1050. The van der Waals surface area contributed by atoms with E-state index in [1.807, 2.05) is 17.0 Å². The van der Waals surface area contributed by atoms with E-state index in [1.165, 1.54) is 5.56 Å². The molecule has 172 valence electrons. The number of piperazine rings is 1. The van der Waals surface area contributed by atoms with Gasteiger partial charge in [-0.2, -0.15) is 0 Å². The lowest BCUT2D eigenvalue weighted by atomic mass is 10.1. The zero-order valence-electron chi connectivity index (χ0n) is 18.2. The molecule has 1 amide bonds. The van der Waals surface area contributed by atoms with Crippen LogP contribution in [0.1, 0.15) is 24.5 Å². The number of benzene rings is 2. The van der Waals surface area contributed by atoms with Crippen molar-refractivity contribution in [1.82, 2.24) is 14.5 Å². The Labute approximate surface area is 189 Å². The molecule has 2 aliphatic heterocycles. The minimum Gasteiger partial charge on any atom is -0.454 e. The summed E-state index contributed by atoms with van der Waals surface area (Å²) in [5, 5.41) is 0. The summed E-state index contributed by atoms with van der Waals surface area (Å²) in [7, 11) is -3.45. The first-order valence-electron chi connectivity index (χ1n) is 10.9. The maximum Gasteiger partial charge on any atom is 0.240 e. The van der Waals surface area contributed by atoms with Crippen LogP contribution in [0.3, 0.4) is 0 Å². The van der Waals surface area contributed by atoms with E-state index in [0.717, 1.165) is 36.7 Å². The summed E-state index contributed by atoms with van der Waals surface area (Å²) in [5.74, 6) is 1.72. The highest BCUT2D eigenvalue weighted by molar-refractivity contribution is 7.89. The maximum absolute atomic E-state index is 12.6. The van der Waals surface area contributed by atoms with E-state index >= 15 is 0 Å². The van der Waals surface area contributed by atoms with E-state index in [9.17, 15) is 13.2 Å². The SMILES string of the molecule is CCNS(=O)(=O)c1ccc(CCC(=O)N2CCN(Cc3ccc4c(c3)OCO4)CC2)cc1. The van der Waals surface area contributed by atoms with E-state index in [4.69, 9.17) is 9.47 Å². The van der Waals surface area contributed by atoms with E-state index in [2.05, 4.69) is 15.7 Å².